The van der Waals surface area contributed by atoms with Crippen LogP contribution in [0.15, 0.2) is 72.8 Å². The molecule has 0 bridgehead atoms. The van der Waals surface area contributed by atoms with Gasteiger partial charge in [0.1, 0.15) is 12.4 Å². The molecule has 0 aliphatic carbocycles. The van der Waals surface area contributed by atoms with E-state index in [1.165, 1.54) is 4.90 Å². The fourth-order valence-electron chi connectivity index (χ4n) is 3.76. The average molecular weight is 507 g/mol. The van der Waals surface area contributed by atoms with Gasteiger partial charge in [0.25, 0.3) is 5.91 Å². The van der Waals surface area contributed by atoms with Gasteiger partial charge in [-0.05, 0) is 48.4 Å². The number of hydrogen-bond acceptors (Lipinski definition) is 4. The largest absolute Gasteiger partial charge is 0.487 e. The Morgan fingerprint density at radius 2 is 1.71 bits per heavy atom. The van der Waals surface area contributed by atoms with Crippen molar-refractivity contribution < 1.29 is 14.3 Å². The molecule has 0 aliphatic heterocycles. The molecule has 0 saturated carbocycles. The summed E-state index contributed by atoms with van der Waals surface area (Å²) in [5.74, 6) is 0.352. The van der Waals surface area contributed by atoms with E-state index < -0.39 is 0 Å². The predicted molar refractivity (Wildman–Crippen MR) is 140 cm³/mol. The lowest BCUT2D eigenvalue weighted by Gasteiger charge is -2.15. The van der Waals surface area contributed by atoms with Crippen molar-refractivity contribution in [3.05, 3.63) is 105 Å². The maximum Gasteiger partial charge on any atom is 0.255 e. The maximum atomic E-state index is 12.9. The van der Waals surface area contributed by atoms with Gasteiger partial charge in [-0.25, -0.2) is 4.98 Å². The number of halogens is 2. The summed E-state index contributed by atoms with van der Waals surface area (Å²) in [4.78, 5) is 31.5. The molecule has 3 aromatic carbocycles. The molecule has 4 rings (SSSR count). The summed E-state index contributed by atoms with van der Waals surface area (Å²) in [6, 6.07) is 21.8. The quantitative estimate of drug-likeness (QED) is 0.251. The molecule has 0 fully saturated rings. The van der Waals surface area contributed by atoms with Crippen LogP contribution in [0.25, 0.3) is 10.9 Å². The van der Waals surface area contributed by atoms with Gasteiger partial charge in [-0.2, -0.15) is 0 Å². The van der Waals surface area contributed by atoms with Gasteiger partial charge < -0.3 is 9.64 Å². The molecule has 1 heterocycles. The molecule has 5 nitrogen and oxygen atoms in total. The third kappa shape index (κ3) is 5.99. The molecule has 0 spiro atoms. The lowest BCUT2D eigenvalue weighted by Crippen LogP contribution is -2.23. The van der Waals surface area contributed by atoms with Gasteiger partial charge >= 0.3 is 0 Å². The number of ketones is 1. The summed E-state index contributed by atoms with van der Waals surface area (Å²) in [5, 5.41) is 2.01. The number of Topliss-reactive ketones (excluding diaryl/α,β-unsaturated/α-hetero) is 1. The first-order valence-corrected chi connectivity index (χ1v) is 11.9. The van der Waals surface area contributed by atoms with E-state index in [1.54, 1.807) is 50.5 Å². The van der Waals surface area contributed by atoms with Crippen molar-refractivity contribution in [2.24, 2.45) is 0 Å². The number of hydrogen-bond donors (Lipinski definition) is 0. The van der Waals surface area contributed by atoms with E-state index in [0.29, 0.717) is 33.3 Å². The van der Waals surface area contributed by atoms with Crippen LogP contribution in [0.5, 0.6) is 5.75 Å². The molecule has 0 unspecified atom stereocenters. The highest BCUT2D eigenvalue weighted by atomic mass is 35.5. The molecule has 1 aromatic heterocycles. The monoisotopic (exact) mass is 506 g/mol. The number of nitrogens with zero attached hydrogens (tertiary/aromatic N) is 2. The van der Waals surface area contributed by atoms with E-state index in [0.717, 1.165) is 22.2 Å². The summed E-state index contributed by atoms with van der Waals surface area (Å²) in [6.07, 6.45) is 0.646. The zero-order valence-corrected chi connectivity index (χ0v) is 20.9. The van der Waals surface area contributed by atoms with Crippen molar-refractivity contribution in [2.75, 3.05) is 14.1 Å². The third-order valence-electron chi connectivity index (χ3n) is 5.60. The standard InChI is InChI=1S/C28H24Cl2N2O3/c1-32(2)28(34)27-19(5-4-8-24(27)30)11-14-26(33)20-6-3-7-23(15-20)35-17-22-13-10-18-9-12-21(29)16-25(18)31-22/h3-10,12-13,15-16H,11,14,17H2,1-2H3. The van der Waals surface area contributed by atoms with Crippen molar-refractivity contribution in [3.63, 3.8) is 0 Å². The van der Waals surface area contributed by atoms with E-state index in [9.17, 15) is 9.59 Å². The summed E-state index contributed by atoms with van der Waals surface area (Å²) >= 11 is 12.4. The van der Waals surface area contributed by atoms with E-state index in [-0.39, 0.29) is 24.7 Å². The average Bonchev–Trinajstić information content (AvgIpc) is 2.85. The van der Waals surface area contributed by atoms with Gasteiger partial charge in [-0.15, -0.1) is 0 Å². The Kier molecular flexibility index (Phi) is 7.69. The number of aryl methyl sites for hydroxylation is 1. The second-order valence-electron chi connectivity index (χ2n) is 8.35. The first-order chi connectivity index (χ1) is 16.8. The minimum Gasteiger partial charge on any atom is -0.487 e. The number of amides is 1. The van der Waals surface area contributed by atoms with Gasteiger partial charge in [0.15, 0.2) is 5.78 Å². The maximum absolute atomic E-state index is 12.9. The minimum atomic E-state index is -0.182. The number of fused-ring (bicyclic) bond motifs is 1. The Morgan fingerprint density at radius 3 is 2.51 bits per heavy atom. The van der Waals surface area contributed by atoms with Crippen molar-refractivity contribution in [1.82, 2.24) is 9.88 Å². The summed E-state index contributed by atoms with van der Waals surface area (Å²) in [5.41, 5.74) is 3.29. The number of pyridine rings is 1. The smallest absolute Gasteiger partial charge is 0.255 e. The number of carbonyl (C=O) groups excluding carboxylic acids is 2. The van der Waals surface area contributed by atoms with Crippen LogP contribution in [0.1, 0.15) is 38.4 Å². The summed E-state index contributed by atoms with van der Waals surface area (Å²) in [7, 11) is 3.35. The van der Waals surface area contributed by atoms with E-state index in [2.05, 4.69) is 4.98 Å². The molecule has 1 amide bonds. The molecule has 0 N–H and O–H groups in total. The van der Waals surface area contributed by atoms with Gasteiger partial charge in [0, 0.05) is 36.5 Å². The molecule has 35 heavy (non-hydrogen) atoms. The molecular formula is C28H24Cl2N2O3. The Balaban J connectivity index is 1.43. The van der Waals surface area contributed by atoms with Gasteiger partial charge in [0.05, 0.1) is 21.8 Å². The number of rotatable bonds is 8. The highest BCUT2D eigenvalue weighted by Crippen LogP contribution is 2.24. The second-order valence-corrected chi connectivity index (χ2v) is 9.20. The van der Waals surface area contributed by atoms with Crippen molar-refractivity contribution in [1.29, 1.82) is 0 Å². The second kappa shape index (κ2) is 10.9. The van der Waals surface area contributed by atoms with Crippen LogP contribution >= 0.6 is 23.2 Å². The normalized spacial score (nSPS) is 10.9. The Bertz CT molecular complexity index is 1400. The molecule has 7 heteroatoms. The first-order valence-electron chi connectivity index (χ1n) is 11.1. The number of aromatic nitrogens is 1. The first kappa shape index (κ1) is 24.7. The highest BCUT2D eigenvalue weighted by Gasteiger charge is 2.18. The molecule has 0 atom stereocenters. The minimum absolute atomic E-state index is 0.0443. The highest BCUT2D eigenvalue weighted by molar-refractivity contribution is 6.34. The third-order valence-corrected chi connectivity index (χ3v) is 6.15. The van der Waals surface area contributed by atoms with Gasteiger partial charge in [-0.3, -0.25) is 9.59 Å². The van der Waals surface area contributed by atoms with E-state index in [1.807, 2.05) is 36.4 Å². The Labute approximate surface area is 214 Å². The Hall–Kier alpha value is -3.41. The van der Waals surface area contributed by atoms with E-state index in [4.69, 9.17) is 27.9 Å². The molecule has 0 radical (unpaired) electrons. The van der Waals surface area contributed by atoms with Crippen molar-refractivity contribution in [2.45, 2.75) is 19.4 Å². The van der Waals surface area contributed by atoms with Crippen molar-refractivity contribution >= 4 is 45.8 Å². The molecule has 0 aliphatic rings. The molecule has 0 saturated heterocycles. The van der Waals surface area contributed by atoms with Crippen LogP contribution < -0.4 is 4.74 Å². The van der Waals surface area contributed by atoms with E-state index >= 15 is 0 Å². The predicted octanol–water partition coefficient (Wildman–Crippen LogP) is 6.64. The number of benzene rings is 3. The van der Waals surface area contributed by atoms with Crippen LogP contribution in [0.3, 0.4) is 0 Å². The van der Waals surface area contributed by atoms with Crippen LogP contribution in [0.4, 0.5) is 0 Å². The topological polar surface area (TPSA) is 59.5 Å². The van der Waals surface area contributed by atoms with Crippen LogP contribution in [0, 0.1) is 0 Å². The molecule has 4 aromatic rings. The van der Waals surface area contributed by atoms with Crippen LogP contribution in [-0.2, 0) is 13.0 Å². The van der Waals surface area contributed by atoms with Gasteiger partial charge in [-0.1, -0.05) is 59.6 Å². The zero-order chi connectivity index (χ0) is 24.9. The molecular weight excluding hydrogens is 483 g/mol. The van der Waals surface area contributed by atoms with Crippen LogP contribution in [-0.4, -0.2) is 35.7 Å². The van der Waals surface area contributed by atoms with Crippen LogP contribution in [0.2, 0.25) is 10.0 Å². The zero-order valence-electron chi connectivity index (χ0n) is 19.4. The Morgan fingerprint density at radius 1 is 0.943 bits per heavy atom. The lowest BCUT2D eigenvalue weighted by atomic mass is 9.98. The number of ether oxygens (including phenoxy) is 1. The SMILES string of the molecule is CN(C)C(=O)c1c(Cl)cccc1CCC(=O)c1cccc(OCc2ccc3ccc(Cl)cc3n2)c1. The van der Waals surface area contributed by atoms with Gasteiger partial charge in [0.2, 0.25) is 0 Å². The summed E-state index contributed by atoms with van der Waals surface area (Å²) in [6.45, 7) is 0.263. The summed E-state index contributed by atoms with van der Waals surface area (Å²) < 4.78 is 5.90. The number of carbonyl (C=O) groups is 2. The molecule has 178 valence electrons. The lowest BCUT2D eigenvalue weighted by molar-refractivity contribution is 0.0825. The van der Waals surface area contributed by atoms with Crippen molar-refractivity contribution in [3.8, 4) is 5.75 Å². The fraction of sp³-hybridized carbons (Fsp3) is 0.179. The fourth-order valence-corrected chi connectivity index (χ4v) is 4.20.